The van der Waals surface area contributed by atoms with E-state index in [0.717, 1.165) is 16.5 Å². The van der Waals surface area contributed by atoms with Crippen LogP contribution in [-0.4, -0.2) is 23.3 Å². The third kappa shape index (κ3) is 3.63. The maximum Gasteiger partial charge on any atom is 0.270 e. The molecule has 26 heavy (non-hydrogen) atoms. The molecule has 5 nitrogen and oxygen atoms in total. The molecule has 0 aliphatic carbocycles. The molecule has 0 fully saturated rings. The zero-order valence-corrected chi connectivity index (χ0v) is 15.0. The minimum Gasteiger partial charge on any atom is -0.349 e. The lowest BCUT2D eigenvalue weighted by Gasteiger charge is -2.08. The van der Waals surface area contributed by atoms with Gasteiger partial charge >= 0.3 is 0 Å². The van der Waals surface area contributed by atoms with E-state index in [0.29, 0.717) is 28.5 Å². The highest BCUT2D eigenvalue weighted by atomic mass is 35.5. The van der Waals surface area contributed by atoms with E-state index in [9.17, 15) is 9.59 Å². The fourth-order valence-electron chi connectivity index (χ4n) is 2.65. The van der Waals surface area contributed by atoms with Crippen molar-refractivity contribution >= 4 is 40.0 Å². The van der Waals surface area contributed by atoms with Crippen molar-refractivity contribution in [1.29, 1.82) is 0 Å². The van der Waals surface area contributed by atoms with Crippen LogP contribution >= 0.6 is 11.6 Å². The molecule has 0 spiro atoms. The van der Waals surface area contributed by atoms with Gasteiger partial charge in [0.25, 0.3) is 11.8 Å². The van der Waals surface area contributed by atoms with Gasteiger partial charge in [0.15, 0.2) is 0 Å². The molecule has 1 aromatic heterocycles. The van der Waals surface area contributed by atoms with Crippen molar-refractivity contribution in [2.24, 2.45) is 0 Å². The number of aryl methyl sites for hydroxylation is 1. The van der Waals surface area contributed by atoms with Crippen molar-refractivity contribution in [2.45, 2.75) is 6.92 Å². The minimum atomic E-state index is -0.318. The van der Waals surface area contributed by atoms with Crippen LogP contribution in [0.25, 0.3) is 10.9 Å². The van der Waals surface area contributed by atoms with Crippen molar-refractivity contribution in [3.8, 4) is 0 Å². The van der Waals surface area contributed by atoms with E-state index in [4.69, 9.17) is 11.6 Å². The molecule has 1 heterocycles. The Morgan fingerprint density at radius 1 is 1.15 bits per heavy atom. The van der Waals surface area contributed by atoms with Crippen LogP contribution in [0.2, 0.25) is 5.02 Å². The van der Waals surface area contributed by atoms with E-state index in [1.807, 2.05) is 25.1 Å². The summed E-state index contributed by atoms with van der Waals surface area (Å²) < 4.78 is 0. The number of aromatic amines is 1. The van der Waals surface area contributed by atoms with E-state index in [1.165, 1.54) is 0 Å². The highest BCUT2D eigenvalue weighted by molar-refractivity contribution is 6.30. The number of aromatic nitrogens is 1. The van der Waals surface area contributed by atoms with Crippen molar-refractivity contribution in [3.63, 3.8) is 0 Å². The van der Waals surface area contributed by atoms with Gasteiger partial charge in [-0.25, -0.2) is 0 Å². The Morgan fingerprint density at radius 2 is 1.88 bits per heavy atom. The highest BCUT2D eigenvalue weighted by Gasteiger charge is 2.20. The van der Waals surface area contributed by atoms with Crippen LogP contribution < -0.4 is 10.6 Å². The summed E-state index contributed by atoms with van der Waals surface area (Å²) in [6.07, 6.45) is 1.59. The number of H-pyrrole nitrogens is 1. The summed E-state index contributed by atoms with van der Waals surface area (Å²) in [7, 11) is 0. The summed E-state index contributed by atoms with van der Waals surface area (Å²) in [5.41, 5.74) is 3.00. The number of benzene rings is 2. The monoisotopic (exact) mass is 367 g/mol. The molecule has 2 amide bonds. The molecule has 3 N–H and O–H groups in total. The topological polar surface area (TPSA) is 74.0 Å². The fourth-order valence-corrected chi connectivity index (χ4v) is 2.77. The summed E-state index contributed by atoms with van der Waals surface area (Å²) in [6, 6.07) is 12.3. The number of anilines is 1. The Kier molecular flexibility index (Phi) is 5.09. The lowest BCUT2D eigenvalue weighted by atomic mass is 10.1. The Bertz CT molecular complexity index is 990. The number of nitrogens with one attached hydrogen (secondary N) is 3. The first-order chi connectivity index (χ1) is 12.5. The van der Waals surface area contributed by atoms with Crippen LogP contribution in [0.1, 0.15) is 26.4 Å². The Labute approximate surface area is 156 Å². The maximum atomic E-state index is 12.6. The normalized spacial score (nSPS) is 10.5. The number of carbonyl (C=O) groups excluding carboxylic acids is 2. The van der Waals surface area contributed by atoms with E-state index in [-0.39, 0.29) is 11.8 Å². The third-order valence-corrected chi connectivity index (χ3v) is 4.19. The van der Waals surface area contributed by atoms with Gasteiger partial charge in [-0.1, -0.05) is 29.3 Å². The lowest BCUT2D eigenvalue weighted by Crippen LogP contribution is -2.25. The zero-order valence-electron chi connectivity index (χ0n) is 14.2. The largest absolute Gasteiger partial charge is 0.349 e. The average Bonchev–Trinajstić information content (AvgIpc) is 2.98. The van der Waals surface area contributed by atoms with Gasteiger partial charge in [0.2, 0.25) is 0 Å². The number of halogens is 1. The van der Waals surface area contributed by atoms with Crippen molar-refractivity contribution in [3.05, 3.63) is 77.0 Å². The molecule has 0 radical (unpaired) electrons. The first-order valence-electron chi connectivity index (χ1n) is 8.08. The molecule has 0 saturated carbocycles. The Hall–Kier alpha value is -3.05. The van der Waals surface area contributed by atoms with Crippen molar-refractivity contribution in [1.82, 2.24) is 10.3 Å². The van der Waals surface area contributed by atoms with Gasteiger partial charge < -0.3 is 15.6 Å². The quantitative estimate of drug-likeness (QED) is 0.588. The maximum absolute atomic E-state index is 12.6. The number of rotatable bonds is 5. The summed E-state index contributed by atoms with van der Waals surface area (Å²) in [5, 5.41) is 6.91. The fraction of sp³-hybridized carbons (Fsp3) is 0.100. The predicted molar refractivity (Wildman–Crippen MR) is 105 cm³/mol. The lowest BCUT2D eigenvalue weighted by molar-refractivity contribution is 0.0955. The molecule has 0 aliphatic rings. The predicted octanol–water partition coefficient (Wildman–Crippen LogP) is 4.30. The molecular formula is C20H18ClN3O2. The van der Waals surface area contributed by atoms with Crippen LogP contribution in [0, 0.1) is 6.92 Å². The van der Waals surface area contributed by atoms with Crippen LogP contribution in [0.15, 0.2) is 55.1 Å². The molecule has 0 aliphatic heterocycles. The van der Waals surface area contributed by atoms with Crippen LogP contribution in [0.4, 0.5) is 5.69 Å². The highest BCUT2D eigenvalue weighted by Crippen LogP contribution is 2.29. The first kappa shape index (κ1) is 17.8. The molecule has 0 atom stereocenters. The zero-order chi connectivity index (χ0) is 18.7. The van der Waals surface area contributed by atoms with Gasteiger partial charge in [-0.3, -0.25) is 9.59 Å². The molecule has 132 valence electrons. The van der Waals surface area contributed by atoms with E-state index in [2.05, 4.69) is 22.2 Å². The second-order valence-electron chi connectivity index (χ2n) is 5.88. The van der Waals surface area contributed by atoms with E-state index in [1.54, 1.807) is 30.3 Å². The van der Waals surface area contributed by atoms with Gasteiger partial charge in [0.1, 0.15) is 5.69 Å². The molecule has 0 saturated heterocycles. The smallest absolute Gasteiger partial charge is 0.270 e. The molecule has 3 aromatic rings. The van der Waals surface area contributed by atoms with Gasteiger partial charge in [0, 0.05) is 28.0 Å². The third-order valence-electron chi connectivity index (χ3n) is 3.93. The molecular weight excluding hydrogens is 350 g/mol. The van der Waals surface area contributed by atoms with Crippen molar-refractivity contribution in [2.75, 3.05) is 11.9 Å². The van der Waals surface area contributed by atoms with E-state index < -0.39 is 0 Å². The standard InChI is InChI=1S/C20H18ClN3O2/c1-3-10-22-20(26)18-17(15-11-12(2)4-9-16(15)23-18)24-19(25)13-5-7-14(21)8-6-13/h3-9,11,23H,1,10H2,2H3,(H,22,26)(H,24,25). The van der Waals surface area contributed by atoms with Gasteiger partial charge in [0.05, 0.1) is 5.69 Å². The molecule has 2 aromatic carbocycles. The summed E-state index contributed by atoms with van der Waals surface area (Å²) in [5.74, 6) is -0.632. The van der Waals surface area contributed by atoms with E-state index >= 15 is 0 Å². The Balaban J connectivity index is 2.02. The SMILES string of the molecule is C=CCNC(=O)c1[nH]c2ccc(C)cc2c1NC(=O)c1ccc(Cl)cc1. The summed E-state index contributed by atoms with van der Waals surface area (Å²) in [6.45, 7) is 5.88. The molecule has 0 bridgehead atoms. The molecule has 3 rings (SSSR count). The summed E-state index contributed by atoms with van der Waals surface area (Å²) >= 11 is 5.87. The number of carbonyl (C=O) groups is 2. The number of hydrogen-bond acceptors (Lipinski definition) is 2. The number of fused-ring (bicyclic) bond motifs is 1. The average molecular weight is 368 g/mol. The van der Waals surface area contributed by atoms with Gasteiger partial charge in [-0.05, 0) is 43.3 Å². The number of amides is 2. The van der Waals surface area contributed by atoms with Crippen LogP contribution in [0.3, 0.4) is 0 Å². The minimum absolute atomic E-state index is 0.301. The van der Waals surface area contributed by atoms with Crippen molar-refractivity contribution < 1.29 is 9.59 Å². The first-order valence-corrected chi connectivity index (χ1v) is 8.45. The Morgan fingerprint density at radius 3 is 2.58 bits per heavy atom. The molecule has 6 heteroatoms. The van der Waals surface area contributed by atoms with Crippen LogP contribution in [0.5, 0.6) is 0 Å². The summed E-state index contributed by atoms with van der Waals surface area (Å²) in [4.78, 5) is 28.2. The molecule has 0 unspecified atom stereocenters. The van der Waals surface area contributed by atoms with Gasteiger partial charge in [-0.15, -0.1) is 6.58 Å². The number of hydrogen-bond donors (Lipinski definition) is 3. The van der Waals surface area contributed by atoms with Gasteiger partial charge in [-0.2, -0.15) is 0 Å². The van der Waals surface area contributed by atoms with Crippen LogP contribution in [-0.2, 0) is 0 Å². The second-order valence-corrected chi connectivity index (χ2v) is 6.32. The second kappa shape index (κ2) is 7.45.